The summed E-state index contributed by atoms with van der Waals surface area (Å²) in [5, 5.41) is 8.82. The van der Waals surface area contributed by atoms with Gasteiger partial charge < -0.3 is 14.7 Å². The fraction of sp³-hybridized carbons (Fsp3) is 0.471. The molecule has 1 aromatic rings. The zero-order valence-electron chi connectivity index (χ0n) is 13.1. The first-order valence-corrected chi connectivity index (χ1v) is 7.14. The minimum Gasteiger partial charge on any atom is -0.478 e. The highest BCUT2D eigenvalue weighted by Gasteiger charge is 2.38. The average molecular weight is 289 g/mol. The van der Waals surface area contributed by atoms with Crippen LogP contribution < -0.4 is 4.90 Å². The SMILES string of the molecule is CC1(C)CN(c2ccccc2/C=C/C(=O)O)CC(C)(C)O1. The zero-order valence-corrected chi connectivity index (χ0v) is 13.1. The lowest BCUT2D eigenvalue weighted by Gasteiger charge is -2.48. The summed E-state index contributed by atoms with van der Waals surface area (Å²) in [5.74, 6) is -0.938. The number of nitrogens with zero attached hydrogens (tertiary/aromatic N) is 1. The molecule has 0 spiro atoms. The van der Waals surface area contributed by atoms with Crippen molar-refractivity contribution in [1.82, 2.24) is 0 Å². The first-order valence-electron chi connectivity index (χ1n) is 7.14. The van der Waals surface area contributed by atoms with E-state index in [9.17, 15) is 4.79 Å². The second-order valence-corrected chi connectivity index (χ2v) is 6.71. The second kappa shape index (κ2) is 5.53. The van der Waals surface area contributed by atoms with Crippen molar-refractivity contribution in [3.63, 3.8) is 0 Å². The smallest absolute Gasteiger partial charge is 0.328 e. The van der Waals surface area contributed by atoms with Crippen LogP contribution in [0.15, 0.2) is 30.3 Å². The molecule has 1 saturated heterocycles. The lowest BCUT2D eigenvalue weighted by Crippen LogP contribution is -2.57. The molecule has 1 heterocycles. The molecule has 1 aliphatic rings. The zero-order chi connectivity index (χ0) is 15.7. The van der Waals surface area contributed by atoms with Crippen molar-refractivity contribution in [3.05, 3.63) is 35.9 Å². The number of ether oxygens (including phenoxy) is 1. The van der Waals surface area contributed by atoms with E-state index in [1.807, 2.05) is 24.3 Å². The van der Waals surface area contributed by atoms with Crippen LogP contribution in [0.1, 0.15) is 33.3 Å². The molecule has 2 rings (SSSR count). The number of aliphatic carboxylic acids is 1. The summed E-state index contributed by atoms with van der Waals surface area (Å²) in [6.07, 6.45) is 2.82. The van der Waals surface area contributed by atoms with E-state index in [0.29, 0.717) is 0 Å². The molecule has 1 N–H and O–H groups in total. The third kappa shape index (κ3) is 4.08. The number of benzene rings is 1. The number of morpholine rings is 1. The molecule has 0 saturated carbocycles. The van der Waals surface area contributed by atoms with E-state index in [4.69, 9.17) is 9.84 Å². The van der Waals surface area contributed by atoms with Gasteiger partial charge in [0.05, 0.1) is 11.2 Å². The van der Waals surface area contributed by atoms with E-state index in [0.717, 1.165) is 24.3 Å². The number of carboxylic acid groups (broad SMARTS) is 1. The summed E-state index contributed by atoms with van der Waals surface area (Å²) in [6.45, 7) is 9.86. The van der Waals surface area contributed by atoms with Gasteiger partial charge in [-0.3, -0.25) is 0 Å². The highest BCUT2D eigenvalue weighted by molar-refractivity contribution is 5.87. The monoisotopic (exact) mass is 289 g/mol. The van der Waals surface area contributed by atoms with E-state index < -0.39 is 5.97 Å². The molecule has 0 aromatic heterocycles. The van der Waals surface area contributed by atoms with Gasteiger partial charge in [0, 0.05) is 24.9 Å². The predicted molar refractivity (Wildman–Crippen MR) is 84.6 cm³/mol. The highest BCUT2D eigenvalue weighted by Crippen LogP contribution is 2.33. The number of carbonyl (C=O) groups is 1. The Hall–Kier alpha value is -1.81. The first kappa shape index (κ1) is 15.6. The van der Waals surface area contributed by atoms with Crippen LogP contribution in [-0.2, 0) is 9.53 Å². The molecule has 4 heteroatoms. The topological polar surface area (TPSA) is 49.8 Å². The van der Waals surface area contributed by atoms with Crippen LogP contribution in [0.4, 0.5) is 5.69 Å². The Balaban J connectivity index is 2.35. The van der Waals surface area contributed by atoms with Gasteiger partial charge in [-0.05, 0) is 45.4 Å². The minimum absolute atomic E-state index is 0.245. The maximum atomic E-state index is 10.7. The number of carboxylic acids is 1. The van der Waals surface area contributed by atoms with Crippen LogP contribution in [0.2, 0.25) is 0 Å². The summed E-state index contributed by atoms with van der Waals surface area (Å²) in [5.41, 5.74) is 1.46. The average Bonchev–Trinajstić information content (AvgIpc) is 2.33. The molecule has 0 unspecified atom stereocenters. The first-order chi connectivity index (χ1) is 9.69. The Labute approximate surface area is 126 Å². The van der Waals surface area contributed by atoms with Crippen LogP contribution in [0.3, 0.4) is 0 Å². The van der Waals surface area contributed by atoms with Crippen molar-refractivity contribution in [2.24, 2.45) is 0 Å². The Morgan fingerprint density at radius 1 is 1.19 bits per heavy atom. The van der Waals surface area contributed by atoms with Crippen LogP contribution in [0, 0.1) is 0 Å². The van der Waals surface area contributed by atoms with E-state index >= 15 is 0 Å². The van der Waals surface area contributed by atoms with Crippen molar-refractivity contribution < 1.29 is 14.6 Å². The van der Waals surface area contributed by atoms with Gasteiger partial charge in [0.2, 0.25) is 0 Å². The Morgan fingerprint density at radius 3 is 2.33 bits per heavy atom. The fourth-order valence-corrected chi connectivity index (χ4v) is 3.04. The molecule has 0 amide bonds. The molecule has 1 fully saturated rings. The predicted octanol–water partition coefficient (Wildman–Crippen LogP) is 3.18. The third-order valence-corrected chi connectivity index (χ3v) is 3.38. The molecule has 21 heavy (non-hydrogen) atoms. The molecular weight excluding hydrogens is 266 g/mol. The Kier molecular flexibility index (Phi) is 4.10. The largest absolute Gasteiger partial charge is 0.478 e. The van der Waals surface area contributed by atoms with Crippen molar-refractivity contribution in [1.29, 1.82) is 0 Å². The Bertz CT molecular complexity index is 545. The summed E-state index contributed by atoms with van der Waals surface area (Å²) in [6, 6.07) is 7.86. The lowest BCUT2D eigenvalue weighted by atomic mass is 9.97. The van der Waals surface area contributed by atoms with E-state index in [1.54, 1.807) is 6.08 Å². The number of para-hydroxylation sites is 1. The van der Waals surface area contributed by atoms with Gasteiger partial charge in [-0.25, -0.2) is 4.79 Å². The summed E-state index contributed by atoms with van der Waals surface area (Å²) in [4.78, 5) is 13.0. The van der Waals surface area contributed by atoms with Crippen LogP contribution in [0.5, 0.6) is 0 Å². The van der Waals surface area contributed by atoms with Crippen molar-refractivity contribution in [2.45, 2.75) is 38.9 Å². The number of hydrogen-bond acceptors (Lipinski definition) is 3. The minimum atomic E-state index is -0.938. The number of anilines is 1. The molecule has 0 bridgehead atoms. The molecule has 1 aromatic carbocycles. The summed E-state index contributed by atoms with van der Waals surface area (Å²) < 4.78 is 6.10. The van der Waals surface area contributed by atoms with Crippen molar-refractivity contribution in [2.75, 3.05) is 18.0 Å². The van der Waals surface area contributed by atoms with Gasteiger partial charge in [0.1, 0.15) is 0 Å². The summed E-state index contributed by atoms with van der Waals surface area (Å²) >= 11 is 0. The van der Waals surface area contributed by atoms with Crippen LogP contribution in [0.25, 0.3) is 6.08 Å². The van der Waals surface area contributed by atoms with Gasteiger partial charge in [-0.15, -0.1) is 0 Å². The molecule has 1 aliphatic heterocycles. The van der Waals surface area contributed by atoms with Gasteiger partial charge in [0.25, 0.3) is 0 Å². The third-order valence-electron chi connectivity index (χ3n) is 3.38. The molecule has 0 radical (unpaired) electrons. The fourth-order valence-electron chi connectivity index (χ4n) is 3.04. The number of hydrogen-bond donors (Lipinski definition) is 1. The maximum Gasteiger partial charge on any atom is 0.328 e. The molecule has 0 atom stereocenters. The molecular formula is C17H23NO3. The van der Waals surface area contributed by atoms with Gasteiger partial charge >= 0.3 is 5.97 Å². The van der Waals surface area contributed by atoms with Crippen molar-refractivity contribution in [3.8, 4) is 0 Å². The highest BCUT2D eigenvalue weighted by atomic mass is 16.5. The van der Waals surface area contributed by atoms with Crippen molar-refractivity contribution >= 4 is 17.7 Å². The Morgan fingerprint density at radius 2 is 1.76 bits per heavy atom. The van der Waals surface area contributed by atoms with Gasteiger partial charge in [-0.2, -0.15) is 0 Å². The van der Waals surface area contributed by atoms with Gasteiger partial charge in [-0.1, -0.05) is 18.2 Å². The normalized spacial score (nSPS) is 20.7. The van der Waals surface area contributed by atoms with E-state index in [1.165, 1.54) is 6.08 Å². The quantitative estimate of drug-likeness (QED) is 0.868. The van der Waals surface area contributed by atoms with E-state index in [2.05, 4.69) is 32.6 Å². The number of rotatable bonds is 3. The summed E-state index contributed by atoms with van der Waals surface area (Å²) in [7, 11) is 0. The molecule has 114 valence electrons. The second-order valence-electron chi connectivity index (χ2n) is 6.71. The standard InChI is InChI=1S/C17H23NO3/c1-16(2)11-18(12-17(3,4)21-16)14-8-6-5-7-13(14)9-10-15(19)20/h5-10H,11-12H2,1-4H3,(H,19,20)/b10-9+. The van der Waals surface area contributed by atoms with E-state index in [-0.39, 0.29) is 11.2 Å². The van der Waals surface area contributed by atoms with Crippen LogP contribution in [-0.4, -0.2) is 35.4 Å². The lowest BCUT2D eigenvalue weighted by molar-refractivity contribution is -0.133. The maximum absolute atomic E-state index is 10.7. The van der Waals surface area contributed by atoms with Crippen LogP contribution >= 0.6 is 0 Å². The molecule has 0 aliphatic carbocycles. The molecule has 4 nitrogen and oxygen atoms in total. The van der Waals surface area contributed by atoms with Gasteiger partial charge in [0.15, 0.2) is 0 Å².